The number of amides is 1. The Hall–Kier alpha value is -3.09. The standard InChI is InChI=1S/C26H33N3O5S/c1-26(2,15-6-18-34-24-8-5-4-7-23(24)33-3)25(30)28-21-13-16-29(17-14-21)35(31,32)22-11-9-20(19-27)10-12-22/h4-5,7-12,21H,6,13-18H2,1-3H3,(H,28,30). The highest BCUT2D eigenvalue weighted by molar-refractivity contribution is 7.89. The highest BCUT2D eigenvalue weighted by Crippen LogP contribution is 2.28. The maximum absolute atomic E-state index is 12.9. The molecule has 35 heavy (non-hydrogen) atoms. The van der Waals surface area contributed by atoms with Crippen molar-refractivity contribution in [3.63, 3.8) is 0 Å². The van der Waals surface area contributed by atoms with Crippen LogP contribution in [0.1, 0.15) is 45.1 Å². The van der Waals surface area contributed by atoms with Gasteiger partial charge in [-0.05, 0) is 62.1 Å². The molecule has 0 atom stereocenters. The second-order valence-electron chi connectivity index (χ2n) is 9.27. The van der Waals surface area contributed by atoms with Crippen molar-refractivity contribution in [1.82, 2.24) is 9.62 Å². The van der Waals surface area contributed by atoms with Crippen LogP contribution in [0.4, 0.5) is 0 Å². The molecule has 8 nitrogen and oxygen atoms in total. The first-order valence-electron chi connectivity index (χ1n) is 11.7. The van der Waals surface area contributed by atoms with Gasteiger partial charge in [0.05, 0.1) is 30.2 Å². The van der Waals surface area contributed by atoms with Crippen LogP contribution in [0.5, 0.6) is 11.5 Å². The molecule has 1 fully saturated rings. The van der Waals surface area contributed by atoms with Gasteiger partial charge < -0.3 is 14.8 Å². The predicted octanol–water partition coefficient (Wildman–Crippen LogP) is 3.72. The lowest BCUT2D eigenvalue weighted by Crippen LogP contribution is -2.49. The van der Waals surface area contributed by atoms with E-state index in [0.29, 0.717) is 62.4 Å². The molecule has 0 aliphatic carbocycles. The quantitative estimate of drug-likeness (QED) is 0.499. The van der Waals surface area contributed by atoms with Gasteiger partial charge in [0.15, 0.2) is 11.5 Å². The average Bonchev–Trinajstić information content (AvgIpc) is 2.87. The molecule has 1 saturated heterocycles. The maximum Gasteiger partial charge on any atom is 0.243 e. The minimum atomic E-state index is -3.62. The topological polar surface area (TPSA) is 109 Å². The Bertz CT molecular complexity index is 1150. The van der Waals surface area contributed by atoms with Crippen LogP contribution in [0.3, 0.4) is 0 Å². The smallest absolute Gasteiger partial charge is 0.243 e. The lowest BCUT2D eigenvalue weighted by Gasteiger charge is -2.33. The number of hydrogen-bond acceptors (Lipinski definition) is 6. The van der Waals surface area contributed by atoms with E-state index in [0.717, 1.165) is 0 Å². The SMILES string of the molecule is COc1ccccc1OCCCC(C)(C)C(=O)NC1CCN(S(=O)(=O)c2ccc(C#N)cc2)CC1. The van der Waals surface area contributed by atoms with Gasteiger partial charge >= 0.3 is 0 Å². The highest BCUT2D eigenvalue weighted by Gasteiger charge is 2.33. The molecule has 0 bridgehead atoms. The molecule has 1 aliphatic heterocycles. The number of methoxy groups -OCH3 is 1. The summed E-state index contributed by atoms with van der Waals surface area (Å²) in [6.07, 6.45) is 2.46. The zero-order valence-corrected chi connectivity index (χ0v) is 21.3. The number of hydrogen-bond donors (Lipinski definition) is 1. The molecule has 0 radical (unpaired) electrons. The number of para-hydroxylation sites is 2. The minimum Gasteiger partial charge on any atom is -0.493 e. The summed E-state index contributed by atoms with van der Waals surface area (Å²) in [6.45, 7) is 4.97. The molecule has 0 unspecified atom stereocenters. The zero-order chi connectivity index (χ0) is 25.5. The normalized spacial score (nSPS) is 15.3. The van der Waals surface area contributed by atoms with Crippen molar-refractivity contribution in [2.45, 2.75) is 50.5 Å². The van der Waals surface area contributed by atoms with Gasteiger partial charge in [-0.25, -0.2) is 8.42 Å². The van der Waals surface area contributed by atoms with Gasteiger partial charge in [-0.3, -0.25) is 4.79 Å². The number of sulfonamides is 1. The maximum atomic E-state index is 12.9. The van der Waals surface area contributed by atoms with Crippen LogP contribution in [0.15, 0.2) is 53.4 Å². The molecule has 1 N–H and O–H groups in total. The van der Waals surface area contributed by atoms with Crippen LogP contribution in [-0.4, -0.2) is 51.5 Å². The number of nitrogens with one attached hydrogen (secondary N) is 1. The third-order valence-electron chi connectivity index (χ3n) is 6.30. The monoisotopic (exact) mass is 499 g/mol. The summed E-state index contributed by atoms with van der Waals surface area (Å²) in [4.78, 5) is 13.1. The van der Waals surface area contributed by atoms with Gasteiger partial charge in [0, 0.05) is 24.5 Å². The fraction of sp³-hybridized carbons (Fsp3) is 0.462. The molecule has 2 aromatic rings. The Kier molecular flexibility index (Phi) is 8.76. The Labute approximate surface area is 207 Å². The van der Waals surface area contributed by atoms with Crippen LogP contribution in [-0.2, 0) is 14.8 Å². The van der Waals surface area contributed by atoms with Crippen LogP contribution >= 0.6 is 0 Å². The second-order valence-corrected chi connectivity index (χ2v) is 11.2. The van der Waals surface area contributed by atoms with Gasteiger partial charge in [-0.1, -0.05) is 26.0 Å². The summed E-state index contributed by atoms with van der Waals surface area (Å²) < 4.78 is 38.3. The lowest BCUT2D eigenvalue weighted by atomic mass is 9.86. The third kappa shape index (κ3) is 6.74. The van der Waals surface area contributed by atoms with E-state index in [2.05, 4.69) is 5.32 Å². The third-order valence-corrected chi connectivity index (χ3v) is 8.21. The number of piperidine rings is 1. The first-order valence-corrected chi connectivity index (χ1v) is 13.2. The summed E-state index contributed by atoms with van der Waals surface area (Å²) in [7, 11) is -2.02. The van der Waals surface area contributed by atoms with E-state index in [1.807, 2.05) is 44.2 Å². The molecule has 0 saturated carbocycles. The number of rotatable bonds is 10. The molecule has 188 valence electrons. The molecule has 1 aliphatic rings. The van der Waals surface area contributed by atoms with E-state index in [4.69, 9.17) is 14.7 Å². The number of ether oxygens (including phenoxy) is 2. The van der Waals surface area contributed by atoms with Crippen molar-refractivity contribution in [2.75, 3.05) is 26.8 Å². The molecule has 3 rings (SSSR count). The molecular formula is C26H33N3O5S. The largest absolute Gasteiger partial charge is 0.493 e. The minimum absolute atomic E-state index is 0.0387. The van der Waals surface area contributed by atoms with E-state index in [1.165, 1.54) is 28.6 Å². The first kappa shape index (κ1) is 26.5. The molecule has 0 spiro atoms. The number of carbonyl (C=O) groups excluding carboxylic acids is 1. The van der Waals surface area contributed by atoms with E-state index in [-0.39, 0.29) is 16.8 Å². The number of nitrogens with zero attached hydrogens (tertiary/aromatic N) is 2. The van der Waals surface area contributed by atoms with Crippen LogP contribution in [0.25, 0.3) is 0 Å². The first-order chi connectivity index (χ1) is 16.7. The van der Waals surface area contributed by atoms with Gasteiger partial charge in [-0.15, -0.1) is 0 Å². The highest BCUT2D eigenvalue weighted by atomic mass is 32.2. The lowest BCUT2D eigenvalue weighted by molar-refractivity contribution is -0.130. The van der Waals surface area contributed by atoms with E-state index < -0.39 is 15.4 Å². The van der Waals surface area contributed by atoms with Crippen LogP contribution in [0, 0.1) is 16.7 Å². The summed E-state index contributed by atoms with van der Waals surface area (Å²) in [5.74, 6) is 1.32. The van der Waals surface area contributed by atoms with E-state index in [1.54, 1.807) is 7.11 Å². The molecule has 1 heterocycles. The van der Waals surface area contributed by atoms with Crippen molar-refractivity contribution in [3.05, 3.63) is 54.1 Å². The Balaban J connectivity index is 1.45. The number of carbonyl (C=O) groups is 1. The fourth-order valence-corrected chi connectivity index (χ4v) is 5.49. The van der Waals surface area contributed by atoms with Gasteiger partial charge in [0.1, 0.15) is 0 Å². The Morgan fingerprint density at radius 2 is 1.74 bits per heavy atom. The van der Waals surface area contributed by atoms with E-state index in [9.17, 15) is 13.2 Å². The molecule has 1 amide bonds. The van der Waals surface area contributed by atoms with Crippen molar-refractivity contribution in [1.29, 1.82) is 5.26 Å². The van der Waals surface area contributed by atoms with Crippen molar-refractivity contribution >= 4 is 15.9 Å². The Morgan fingerprint density at radius 1 is 1.11 bits per heavy atom. The second kappa shape index (κ2) is 11.6. The van der Waals surface area contributed by atoms with Gasteiger partial charge in [0.2, 0.25) is 15.9 Å². The fourth-order valence-electron chi connectivity index (χ4n) is 4.02. The van der Waals surface area contributed by atoms with E-state index >= 15 is 0 Å². The number of nitriles is 1. The summed E-state index contributed by atoms with van der Waals surface area (Å²) in [6, 6.07) is 15.3. The summed E-state index contributed by atoms with van der Waals surface area (Å²) in [5, 5.41) is 12.0. The summed E-state index contributed by atoms with van der Waals surface area (Å²) in [5.41, 5.74) is -0.158. The molecular weight excluding hydrogens is 466 g/mol. The Morgan fingerprint density at radius 3 is 2.34 bits per heavy atom. The molecule has 0 aromatic heterocycles. The van der Waals surface area contributed by atoms with Gasteiger partial charge in [-0.2, -0.15) is 9.57 Å². The number of benzene rings is 2. The van der Waals surface area contributed by atoms with Crippen molar-refractivity contribution in [2.24, 2.45) is 5.41 Å². The summed E-state index contributed by atoms with van der Waals surface area (Å²) >= 11 is 0. The van der Waals surface area contributed by atoms with Gasteiger partial charge in [0.25, 0.3) is 0 Å². The zero-order valence-electron chi connectivity index (χ0n) is 20.5. The molecule has 9 heteroatoms. The van der Waals surface area contributed by atoms with Crippen molar-refractivity contribution < 1.29 is 22.7 Å². The van der Waals surface area contributed by atoms with Crippen molar-refractivity contribution in [3.8, 4) is 17.6 Å². The average molecular weight is 500 g/mol. The van der Waals surface area contributed by atoms with Crippen LogP contribution < -0.4 is 14.8 Å². The molecule has 2 aromatic carbocycles. The van der Waals surface area contributed by atoms with Crippen LogP contribution in [0.2, 0.25) is 0 Å². The predicted molar refractivity (Wildman–Crippen MR) is 133 cm³/mol.